The summed E-state index contributed by atoms with van der Waals surface area (Å²) in [6.45, 7) is 10.1. The molecule has 4 aromatic rings. The lowest BCUT2D eigenvalue weighted by Gasteiger charge is -2.12. The summed E-state index contributed by atoms with van der Waals surface area (Å²) in [5.74, 6) is 0.167. The van der Waals surface area contributed by atoms with E-state index in [0.29, 0.717) is 17.2 Å². The second-order valence-electron chi connectivity index (χ2n) is 8.76. The van der Waals surface area contributed by atoms with Gasteiger partial charge in [-0.2, -0.15) is 0 Å². The Kier molecular flexibility index (Phi) is 5.85. The first-order chi connectivity index (χ1) is 15.7. The van der Waals surface area contributed by atoms with E-state index in [4.69, 9.17) is 0 Å². The molecule has 170 valence electrons. The molecule has 6 heteroatoms. The Morgan fingerprint density at radius 1 is 0.879 bits per heavy atom. The average Bonchev–Trinajstić information content (AvgIpc) is 3.21. The van der Waals surface area contributed by atoms with Gasteiger partial charge in [-0.25, -0.2) is 4.68 Å². The zero-order chi connectivity index (χ0) is 23.9. The summed E-state index contributed by atoms with van der Waals surface area (Å²) in [4.78, 5) is 26.4. The van der Waals surface area contributed by atoms with Crippen LogP contribution in [0.15, 0.2) is 65.5 Å². The van der Waals surface area contributed by atoms with Crippen LogP contribution in [0.1, 0.15) is 52.8 Å². The van der Waals surface area contributed by atoms with E-state index in [0.717, 1.165) is 22.8 Å². The van der Waals surface area contributed by atoms with Gasteiger partial charge in [0.1, 0.15) is 5.69 Å². The van der Waals surface area contributed by atoms with Gasteiger partial charge in [-0.1, -0.05) is 44.2 Å². The van der Waals surface area contributed by atoms with Gasteiger partial charge in [-0.15, -0.1) is 0 Å². The molecule has 0 atom stereocenters. The van der Waals surface area contributed by atoms with Crippen LogP contribution >= 0.6 is 0 Å². The number of nitrogens with zero attached hydrogens (tertiary/aromatic N) is 3. The Labute approximate surface area is 194 Å². The molecule has 0 aliphatic rings. The number of carbonyl (C=O) groups is 1. The highest BCUT2D eigenvalue weighted by Crippen LogP contribution is 2.24. The number of amides is 1. The second-order valence-corrected chi connectivity index (χ2v) is 8.76. The Morgan fingerprint density at radius 3 is 2.12 bits per heavy atom. The first kappa shape index (κ1) is 22.4. The van der Waals surface area contributed by atoms with Gasteiger partial charge >= 0.3 is 0 Å². The lowest BCUT2D eigenvalue weighted by atomic mass is 10.0. The summed E-state index contributed by atoms with van der Waals surface area (Å²) in [5, 5.41) is 2.88. The van der Waals surface area contributed by atoms with Crippen molar-refractivity contribution in [1.82, 2.24) is 13.9 Å². The number of benzene rings is 2. The molecule has 0 saturated carbocycles. The van der Waals surface area contributed by atoms with E-state index in [9.17, 15) is 9.59 Å². The molecular formula is C27H30N4O2. The highest BCUT2D eigenvalue weighted by atomic mass is 16.2. The van der Waals surface area contributed by atoms with Crippen molar-refractivity contribution in [3.8, 4) is 11.4 Å². The van der Waals surface area contributed by atoms with Crippen LogP contribution in [-0.2, 0) is 7.05 Å². The zero-order valence-electron chi connectivity index (χ0n) is 20.0. The fraction of sp³-hybridized carbons (Fsp3) is 0.259. The molecule has 0 aliphatic heterocycles. The van der Waals surface area contributed by atoms with Crippen LogP contribution in [0.2, 0.25) is 0 Å². The van der Waals surface area contributed by atoms with Crippen molar-refractivity contribution in [2.75, 3.05) is 5.32 Å². The Morgan fingerprint density at radius 2 is 1.52 bits per heavy atom. The molecule has 0 unspecified atom stereocenters. The minimum atomic E-state index is -0.292. The maximum atomic E-state index is 13.3. The predicted molar refractivity (Wildman–Crippen MR) is 133 cm³/mol. The van der Waals surface area contributed by atoms with Crippen molar-refractivity contribution >= 4 is 11.6 Å². The van der Waals surface area contributed by atoms with Crippen LogP contribution in [0.4, 0.5) is 5.69 Å². The highest BCUT2D eigenvalue weighted by Gasteiger charge is 2.22. The molecule has 4 rings (SSSR count). The molecule has 0 fully saturated rings. The van der Waals surface area contributed by atoms with Crippen LogP contribution in [0, 0.1) is 20.8 Å². The fourth-order valence-corrected chi connectivity index (χ4v) is 4.29. The van der Waals surface area contributed by atoms with Crippen LogP contribution < -0.4 is 10.9 Å². The van der Waals surface area contributed by atoms with Crippen LogP contribution in [0.25, 0.3) is 11.4 Å². The van der Waals surface area contributed by atoms with Gasteiger partial charge in [-0.05, 0) is 62.6 Å². The van der Waals surface area contributed by atoms with Gasteiger partial charge in [-0.3, -0.25) is 14.3 Å². The minimum Gasteiger partial charge on any atom is -0.318 e. The van der Waals surface area contributed by atoms with Gasteiger partial charge in [0.05, 0.1) is 16.9 Å². The summed E-state index contributed by atoms with van der Waals surface area (Å²) in [6.07, 6.45) is 0. The molecule has 6 nitrogen and oxygen atoms in total. The lowest BCUT2D eigenvalue weighted by molar-refractivity contribution is 0.102. The third kappa shape index (κ3) is 3.93. The maximum Gasteiger partial charge on any atom is 0.295 e. The fourth-order valence-electron chi connectivity index (χ4n) is 4.29. The molecular weight excluding hydrogens is 412 g/mol. The smallest absolute Gasteiger partial charge is 0.295 e. The monoisotopic (exact) mass is 442 g/mol. The minimum absolute atomic E-state index is 0.257. The van der Waals surface area contributed by atoms with E-state index in [1.165, 1.54) is 5.56 Å². The number of aryl methyl sites for hydroxylation is 1. The first-order valence-corrected chi connectivity index (χ1v) is 11.1. The number of rotatable bonds is 5. The lowest BCUT2D eigenvalue weighted by Crippen LogP contribution is -2.23. The molecule has 33 heavy (non-hydrogen) atoms. The topological polar surface area (TPSA) is 61.0 Å². The SMILES string of the molecule is Cc1cc(C(=O)Nc2c(C)n(C)n(-c3ccccc3)c2=O)c(C)n1-c1ccc(C(C)C)cc1. The number of para-hydroxylation sites is 1. The second kappa shape index (κ2) is 8.62. The number of hydrogen-bond acceptors (Lipinski definition) is 2. The summed E-state index contributed by atoms with van der Waals surface area (Å²) < 4.78 is 5.39. The van der Waals surface area contributed by atoms with Crippen LogP contribution in [0.3, 0.4) is 0 Å². The van der Waals surface area contributed by atoms with Crippen molar-refractivity contribution < 1.29 is 4.79 Å². The summed E-state index contributed by atoms with van der Waals surface area (Å²) >= 11 is 0. The molecule has 1 amide bonds. The number of nitrogens with one attached hydrogen (secondary N) is 1. The van der Waals surface area contributed by atoms with E-state index < -0.39 is 0 Å². The van der Waals surface area contributed by atoms with Gasteiger partial charge < -0.3 is 9.88 Å². The molecule has 0 saturated heterocycles. The average molecular weight is 443 g/mol. The zero-order valence-corrected chi connectivity index (χ0v) is 20.0. The number of aromatic nitrogens is 3. The maximum absolute atomic E-state index is 13.3. The standard InChI is InChI=1S/C27H30N4O2/c1-17(2)21-12-14-22(15-13-21)30-18(3)16-24(19(30)4)26(32)28-25-20(5)29(6)31(27(25)33)23-10-8-7-9-11-23/h7-17H,1-6H3,(H,28,32). The highest BCUT2D eigenvalue weighted by molar-refractivity contribution is 6.05. The van der Waals surface area contributed by atoms with Crippen LogP contribution in [-0.4, -0.2) is 19.8 Å². The Hall–Kier alpha value is -3.80. The van der Waals surface area contributed by atoms with Crippen molar-refractivity contribution in [1.29, 1.82) is 0 Å². The first-order valence-electron chi connectivity index (χ1n) is 11.1. The molecule has 0 spiro atoms. The number of anilines is 1. The number of carbonyl (C=O) groups excluding carboxylic acids is 1. The normalized spacial score (nSPS) is 11.2. The van der Waals surface area contributed by atoms with Crippen LogP contribution in [0.5, 0.6) is 0 Å². The number of hydrogen-bond donors (Lipinski definition) is 1. The molecule has 0 aliphatic carbocycles. The molecule has 2 aromatic heterocycles. The van der Waals surface area contributed by atoms with E-state index in [2.05, 4.69) is 48.0 Å². The predicted octanol–water partition coefficient (Wildman–Crippen LogP) is 5.27. The van der Waals surface area contributed by atoms with E-state index in [-0.39, 0.29) is 17.2 Å². The van der Waals surface area contributed by atoms with Crippen molar-refractivity contribution in [2.45, 2.75) is 40.5 Å². The van der Waals surface area contributed by atoms with E-state index in [1.807, 2.05) is 64.2 Å². The Balaban J connectivity index is 1.68. The van der Waals surface area contributed by atoms with Gasteiger partial charge in [0.15, 0.2) is 0 Å². The van der Waals surface area contributed by atoms with Crippen molar-refractivity contribution in [3.63, 3.8) is 0 Å². The molecule has 0 radical (unpaired) electrons. The van der Waals surface area contributed by atoms with Gasteiger partial charge in [0.25, 0.3) is 11.5 Å². The molecule has 1 N–H and O–H groups in total. The molecule has 2 heterocycles. The summed E-state index contributed by atoms with van der Waals surface area (Å²) in [5.41, 5.74) is 6.09. The quantitative estimate of drug-likeness (QED) is 0.458. The summed E-state index contributed by atoms with van der Waals surface area (Å²) in [7, 11) is 1.81. The third-order valence-electron chi connectivity index (χ3n) is 6.29. The summed E-state index contributed by atoms with van der Waals surface area (Å²) in [6, 6.07) is 19.7. The van der Waals surface area contributed by atoms with E-state index >= 15 is 0 Å². The molecule has 0 bridgehead atoms. The van der Waals surface area contributed by atoms with Gasteiger partial charge in [0.2, 0.25) is 0 Å². The van der Waals surface area contributed by atoms with E-state index in [1.54, 1.807) is 9.36 Å². The van der Waals surface area contributed by atoms with Gasteiger partial charge in [0, 0.05) is 24.1 Å². The Bertz CT molecular complexity index is 1370. The largest absolute Gasteiger partial charge is 0.318 e. The molecule has 2 aromatic carbocycles. The van der Waals surface area contributed by atoms with Crippen molar-refractivity contribution in [2.24, 2.45) is 7.05 Å². The third-order valence-corrected chi connectivity index (χ3v) is 6.29. The van der Waals surface area contributed by atoms with Crippen molar-refractivity contribution in [3.05, 3.63) is 99.2 Å².